The minimum Gasteiger partial charge on any atom is -0.444 e. The monoisotopic (exact) mass is 441 g/mol. The highest BCUT2D eigenvalue weighted by Crippen LogP contribution is 2.38. The predicted octanol–water partition coefficient (Wildman–Crippen LogP) is 4.82. The van der Waals surface area contributed by atoms with Crippen LogP contribution in [0, 0.1) is 0 Å². The molecule has 130 valence electrons. The van der Waals surface area contributed by atoms with E-state index in [9.17, 15) is 4.79 Å². The first-order valence-corrected chi connectivity index (χ1v) is 12.4. The molecule has 1 aliphatic rings. The number of amides is 1. The van der Waals surface area contributed by atoms with Crippen molar-refractivity contribution in [2.24, 2.45) is 0 Å². The highest BCUT2D eigenvalue weighted by molar-refractivity contribution is 14.1. The lowest BCUT2D eigenvalue weighted by molar-refractivity contribution is -0.0368. The van der Waals surface area contributed by atoms with E-state index in [1.54, 1.807) is 0 Å². The van der Waals surface area contributed by atoms with Gasteiger partial charge in [-0.05, 0) is 45.3 Å². The van der Waals surface area contributed by atoms with Crippen molar-refractivity contribution in [3.8, 4) is 0 Å². The number of rotatable bonds is 4. The van der Waals surface area contributed by atoms with Crippen molar-refractivity contribution in [3.05, 3.63) is 0 Å². The van der Waals surface area contributed by atoms with Gasteiger partial charge in [-0.15, -0.1) is 0 Å². The Bertz CT molecular complexity index is 401. The molecule has 1 rings (SSSR count). The van der Waals surface area contributed by atoms with Crippen LogP contribution < -0.4 is 0 Å². The molecule has 1 heterocycles. The third-order valence-corrected chi connectivity index (χ3v) is 10.1. The molecule has 1 saturated heterocycles. The summed E-state index contributed by atoms with van der Waals surface area (Å²) in [6, 6.07) is 0.437. The standard InChI is InChI=1S/C16H32INO3Si/c1-15(2,3)21-14(19)18-12(10-17)9-13(18)11-20-22(7,8)16(4,5)6/h12-13H,9-11H2,1-8H3/t12-,13+/m1/s1. The van der Waals surface area contributed by atoms with Gasteiger partial charge in [0.25, 0.3) is 0 Å². The van der Waals surface area contributed by atoms with Crippen molar-refractivity contribution < 1.29 is 14.0 Å². The van der Waals surface area contributed by atoms with E-state index in [0.717, 1.165) is 10.8 Å². The molecule has 4 nitrogen and oxygen atoms in total. The maximum absolute atomic E-state index is 12.4. The predicted molar refractivity (Wildman–Crippen MR) is 102 cm³/mol. The molecule has 1 amide bonds. The molecule has 0 aromatic carbocycles. The van der Waals surface area contributed by atoms with Crippen LogP contribution in [0.15, 0.2) is 0 Å². The van der Waals surface area contributed by atoms with E-state index in [-0.39, 0.29) is 23.2 Å². The number of carbonyl (C=O) groups is 1. The van der Waals surface area contributed by atoms with E-state index in [1.165, 1.54) is 0 Å². The maximum Gasteiger partial charge on any atom is 0.410 e. The summed E-state index contributed by atoms with van der Waals surface area (Å²) in [5.74, 6) is 0. The van der Waals surface area contributed by atoms with Crippen molar-refractivity contribution in [2.45, 2.75) is 83.8 Å². The Labute approximate surface area is 150 Å². The van der Waals surface area contributed by atoms with Gasteiger partial charge in [0.1, 0.15) is 5.60 Å². The fourth-order valence-electron chi connectivity index (χ4n) is 2.12. The molecule has 22 heavy (non-hydrogen) atoms. The van der Waals surface area contributed by atoms with Crippen LogP contribution in [-0.4, -0.2) is 48.0 Å². The lowest BCUT2D eigenvalue weighted by Crippen LogP contribution is -2.62. The molecule has 0 N–H and O–H groups in total. The third-order valence-electron chi connectivity index (χ3n) is 4.56. The molecule has 0 saturated carbocycles. The molecule has 0 unspecified atom stereocenters. The van der Waals surface area contributed by atoms with Crippen molar-refractivity contribution in [3.63, 3.8) is 0 Å². The number of hydrogen-bond acceptors (Lipinski definition) is 3. The number of likely N-dealkylation sites (tertiary alicyclic amines) is 1. The zero-order valence-corrected chi connectivity index (χ0v) is 18.5. The number of ether oxygens (including phenoxy) is 1. The van der Waals surface area contributed by atoms with Crippen molar-refractivity contribution in [1.29, 1.82) is 0 Å². The van der Waals surface area contributed by atoms with E-state index >= 15 is 0 Å². The molecule has 1 aliphatic heterocycles. The van der Waals surface area contributed by atoms with Crippen LogP contribution in [0.1, 0.15) is 48.0 Å². The fourth-order valence-corrected chi connectivity index (χ4v) is 3.95. The van der Waals surface area contributed by atoms with Crippen molar-refractivity contribution in [1.82, 2.24) is 4.90 Å². The van der Waals surface area contributed by atoms with E-state index in [4.69, 9.17) is 9.16 Å². The molecular formula is C16H32INO3Si. The molecule has 0 radical (unpaired) electrons. The first-order valence-electron chi connectivity index (χ1n) is 8.00. The lowest BCUT2D eigenvalue weighted by atomic mass is 9.96. The van der Waals surface area contributed by atoms with Crippen molar-refractivity contribution in [2.75, 3.05) is 11.0 Å². The summed E-state index contributed by atoms with van der Waals surface area (Å²) >= 11 is 2.34. The Hall–Kier alpha value is 0.177. The first-order chi connectivity index (χ1) is 9.78. The zero-order valence-electron chi connectivity index (χ0n) is 15.3. The molecule has 6 heteroatoms. The van der Waals surface area contributed by atoms with E-state index in [2.05, 4.69) is 56.5 Å². The highest BCUT2D eigenvalue weighted by atomic mass is 127. The molecule has 0 bridgehead atoms. The van der Waals surface area contributed by atoms with E-state index in [1.807, 2.05) is 25.7 Å². The SMILES string of the molecule is CC(C)(C)OC(=O)N1[C@H](CO[Si](C)(C)C(C)(C)C)C[C@@H]1CI. The summed E-state index contributed by atoms with van der Waals surface area (Å²) in [7, 11) is -1.77. The summed E-state index contributed by atoms with van der Waals surface area (Å²) in [6.45, 7) is 17.6. The molecular weight excluding hydrogens is 409 g/mol. The second-order valence-corrected chi connectivity index (χ2v) is 14.3. The van der Waals surface area contributed by atoms with Crippen LogP contribution in [0.4, 0.5) is 4.79 Å². The maximum atomic E-state index is 12.4. The van der Waals surface area contributed by atoms with Crippen LogP contribution >= 0.6 is 22.6 Å². The van der Waals surface area contributed by atoms with E-state index in [0.29, 0.717) is 6.61 Å². The van der Waals surface area contributed by atoms with Gasteiger partial charge in [0.15, 0.2) is 8.32 Å². The number of carbonyl (C=O) groups excluding carboxylic acids is 1. The Morgan fingerprint density at radius 1 is 1.18 bits per heavy atom. The normalized spacial score (nSPS) is 23.2. The van der Waals surface area contributed by atoms with Crippen LogP contribution in [0.5, 0.6) is 0 Å². The van der Waals surface area contributed by atoms with Gasteiger partial charge in [0.2, 0.25) is 0 Å². The fraction of sp³-hybridized carbons (Fsp3) is 0.938. The summed E-state index contributed by atoms with van der Waals surface area (Å²) in [6.07, 6.45) is 0.806. The molecule has 0 aromatic heterocycles. The highest BCUT2D eigenvalue weighted by Gasteiger charge is 2.45. The van der Waals surface area contributed by atoms with E-state index < -0.39 is 13.9 Å². The van der Waals surface area contributed by atoms with Crippen LogP contribution in [0.3, 0.4) is 0 Å². The van der Waals surface area contributed by atoms with Gasteiger partial charge in [-0.1, -0.05) is 43.4 Å². The Morgan fingerprint density at radius 2 is 1.73 bits per heavy atom. The average molecular weight is 441 g/mol. The minimum atomic E-state index is -1.77. The Balaban J connectivity index is 2.66. The van der Waals surface area contributed by atoms with Crippen LogP contribution in [0.2, 0.25) is 18.1 Å². The summed E-state index contributed by atoms with van der Waals surface area (Å²) in [5, 5.41) is 0.191. The Kier molecular flexibility index (Phi) is 6.40. The van der Waals surface area contributed by atoms with Gasteiger partial charge in [0.05, 0.1) is 12.6 Å². The minimum absolute atomic E-state index is 0.156. The average Bonchev–Trinajstić information content (AvgIpc) is 2.23. The quantitative estimate of drug-likeness (QED) is 0.357. The zero-order chi connectivity index (χ0) is 17.3. The third kappa shape index (κ3) is 5.09. The van der Waals surface area contributed by atoms with Crippen LogP contribution in [0.25, 0.3) is 0 Å². The number of hydrogen-bond donors (Lipinski definition) is 0. The second-order valence-electron chi connectivity index (χ2n) is 8.66. The molecule has 1 fully saturated rings. The van der Waals surface area contributed by atoms with Gasteiger partial charge >= 0.3 is 6.09 Å². The van der Waals surface area contributed by atoms with Gasteiger partial charge in [0, 0.05) is 10.5 Å². The van der Waals surface area contributed by atoms with Gasteiger partial charge < -0.3 is 9.16 Å². The van der Waals surface area contributed by atoms with Gasteiger partial charge in [-0.25, -0.2) is 4.79 Å². The van der Waals surface area contributed by atoms with Gasteiger partial charge in [-0.3, -0.25) is 4.90 Å². The summed E-state index contributed by atoms with van der Waals surface area (Å²) in [4.78, 5) is 14.3. The number of alkyl halides is 1. The summed E-state index contributed by atoms with van der Waals surface area (Å²) < 4.78 is 12.8. The number of nitrogens with zero attached hydrogens (tertiary/aromatic N) is 1. The molecule has 0 aliphatic carbocycles. The summed E-state index contributed by atoms with van der Waals surface area (Å²) in [5.41, 5.74) is -0.451. The Morgan fingerprint density at radius 3 is 2.14 bits per heavy atom. The molecule has 0 aromatic rings. The van der Waals surface area contributed by atoms with Crippen LogP contribution in [-0.2, 0) is 9.16 Å². The number of halogens is 1. The molecule has 2 atom stereocenters. The van der Waals surface area contributed by atoms with Crippen molar-refractivity contribution >= 4 is 37.0 Å². The lowest BCUT2D eigenvalue weighted by Gasteiger charge is -2.49. The largest absolute Gasteiger partial charge is 0.444 e. The second kappa shape index (κ2) is 6.97. The molecule has 0 spiro atoms. The first kappa shape index (κ1) is 20.2. The smallest absolute Gasteiger partial charge is 0.410 e. The topological polar surface area (TPSA) is 38.8 Å². The van der Waals surface area contributed by atoms with Gasteiger partial charge in [-0.2, -0.15) is 0 Å².